The Hall–Kier alpha value is -1.56. The predicted octanol–water partition coefficient (Wildman–Crippen LogP) is 2.02. The molecule has 1 aliphatic rings. The van der Waals surface area contributed by atoms with Crippen molar-refractivity contribution in [3.8, 4) is 0 Å². The van der Waals surface area contributed by atoms with Crippen molar-refractivity contribution in [2.24, 2.45) is 4.99 Å². The molecule has 0 saturated carbocycles. The fraction of sp³-hybridized carbons (Fsp3) is 0.556. The number of piperazine rings is 1. The van der Waals surface area contributed by atoms with Crippen LogP contribution in [0.1, 0.15) is 5.56 Å². The summed E-state index contributed by atoms with van der Waals surface area (Å²) in [7, 11) is 2.74. The number of carbonyl (C=O) groups is 1. The molecule has 0 spiro atoms. The molecule has 10 heteroatoms. The van der Waals surface area contributed by atoms with Crippen molar-refractivity contribution < 1.29 is 18.0 Å². The average Bonchev–Trinajstić information content (AvgIpc) is 2.62. The third-order valence-electron chi connectivity index (χ3n) is 4.37. The summed E-state index contributed by atoms with van der Waals surface area (Å²) in [6, 6.07) is 10.2. The summed E-state index contributed by atoms with van der Waals surface area (Å²) in [6.45, 7) is 2.56. The van der Waals surface area contributed by atoms with Crippen LogP contribution in [0.3, 0.4) is 0 Å². The molecule has 1 fully saturated rings. The van der Waals surface area contributed by atoms with Gasteiger partial charge in [0.25, 0.3) is 0 Å². The second kappa shape index (κ2) is 11.4. The highest BCUT2D eigenvalue weighted by atomic mass is 127. The number of benzene rings is 1. The van der Waals surface area contributed by atoms with Gasteiger partial charge in [0.2, 0.25) is 5.91 Å². The lowest BCUT2D eigenvalue weighted by molar-refractivity contribution is -0.157. The van der Waals surface area contributed by atoms with Crippen LogP contribution in [0.4, 0.5) is 13.2 Å². The monoisotopic (exact) mass is 513 g/mol. The number of nitrogens with one attached hydrogen (secondary N) is 1. The Morgan fingerprint density at radius 2 is 1.79 bits per heavy atom. The Morgan fingerprint density at radius 3 is 2.32 bits per heavy atom. The van der Waals surface area contributed by atoms with Gasteiger partial charge in [-0.15, -0.1) is 24.0 Å². The number of amides is 1. The van der Waals surface area contributed by atoms with E-state index in [1.807, 2.05) is 23.1 Å². The van der Waals surface area contributed by atoms with Crippen molar-refractivity contribution in [2.75, 3.05) is 53.4 Å². The van der Waals surface area contributed by atoms with E-state index in [9.17, 15) is 18.0 Å². The normalized spacial score (nSPS) is 15.8. The molecule has 1 amide bonds. The fourth-order valence-electron chi connectivity index (χ4n) is 2.94. The number of nitrogens with zero attached hydrogens (tertiary/aromatic N) is 4. The number of guanidine groups is 1. The lowest BCUT2D eigenvalue weighted by Gasteiger charge is -2.36. The van der Waals surface area contributed by atoms with Gasteiger partial charge >= 0.3 is 6.18 Å². The van der Waals surface area contributed by atoms with Gasteiger partial charge in [-0.25, -0.2) is 0 Å². The number of likely N-dealkylation sites (N-methyl/N-ethyl adjacent to an activating group) is 1. The molecule has 1 aromatic rings. The lowest BCUT2D eigenvalue weighted by atomic mass is 10.2. The van der Waals surface area contributed by atoms with Crippen LogP contribution in [-0.2, 0) is 11.3 Å². The number of halogens is 4. The van der Waals surface area contributed by atoms with Crippen LogP contribution in [0.15, 0.2) is 35.3 Å². The molecule has 1 N–H and O–H groups in total. The van der Waals surface area contributed by atoms with Crippen molar-refractivity contribution in [3.63, 3.8) is 0 Å². The molecule has 0 aliphatic carbocycles. The molecular weight excluding hydrogens is 486 g/mol. The zero-order valence-electron chi connectivity index (χ0n) is 16.1. The van der Waals surface area contributed by atoms with Crippen molar-refractivity contribution in [2.45, 2.75) is 12.7 Å². The van der Waals surface area contributed by atoms with Gasteiger partial charge in [0.1, 0.15) is 6.54 Å². The van der Waals surface area contributed by atoms with E-state index in [-0.39, 0.29) is 30.5 Å². The van der Waals surface area contributed by atoms with E-state index in [4.69, 9.17) is 0 Å². The first kappa shape index (κ1) is 24.5. The molecule has 1 saturated heterocycles. The Balaban J connectivity index is 0.00000392. The Bertz CT molecular complexity index is 634. The van der Waals surface area contributed by atoms with E-state index in [1.165, 1.54) is 5.56 Å². The van der Waals surface area contributed by atoms with Crippen LogP contribution in [0.5, 0.6) is 0 Å². The third-order valence-corrected chi connectivity index (χ3v) is 4.37. The van der Waals surface area contributed by atoms with Crippen molar-refractivity contribution in [3.05, 3.63) is 35.9 Å². The number of aliphatic imine (C=N–C) groups is 1. The van der Waals surface area contributed by atoms with Gasteiger partial charge in [0, 0.05) is 46.8 Å². The van der Waals surface area contributed by atoms with E-state index in [0.29, 0.717) is 10.9 Å². The number of rotatable bonds is 5. The van der Waals surface area contributed by atoms with Gasteiger partial charge in [0.15, 0.2) is 5.96 Å². The van der Waals surface area contributed by atoms with Gasteiger partial charge in [-0.3, -0.25) is 14.7 Å². The topological polar surface area (TPSA) is 51.2 Å². The molecule has 2 rings (SSSR count). The van der Waals surface area contributed by atoms with E-state index in [2.05, 4.69) is 27.3 Å². The van der Waals surface area contributed by atoms with Crippen molar-refractivity contribution in [1.29, 1.82) is 0 Å². The highest BCUT2D eigenvalue weighted by Crippen LogP contribution is 2.15. The smallest absolute Gasteiger partial charge is 0.347 e. The molecule has 28 heavy (non-hydrogen) atoms. The average molecular weight is 513 g/mol. The van der Waals surface area contributed by atoms with Gasteiger partial charge < -0.3 is 15.1 Å². The molecule has 1 heterocycles. The van der Waals surface area contributed by atoms with Crippen LogP contribution < -0.4 is 5.32 Å². The maximum Gasteiger partial charge on any atom is 0.406 e. The first-order valence-electron chi connectivity index (χ1n) is 8.81. The highest BCUT2D eigenvalue weighted by molar-refractivity contribution is 14.0. The van der Waals surface area contributed by atoms with Gasteiger partial charge in [-0.2, -0.15) is 13.2 Å². The van der Waals surface area contributed by atoms with E-state index < -0.39 is 18.6 Å². The summed E-state index contributed by atoms with van der Waals surface area (Å²) in [5, 5.41) is 2.87. The van der Waals surface area contributed by atoms with Crippen LogP contribution in [0, 0.1) is 0 Å². The molecule has 0 bridgehead atoms. The SMILES string of the molecule is CN=C(NCC(=O)N(C)CC(F)(F)F)N1CCN(Cc2ccccc2)CC1.I. The Morgan fingerprint density at radius 1 is 1.18 bits per heavy atom. The summed E-state index contributed by atoms with van der Waals surface area (Å²) in [4.78, 5) is 21.0. The molecule has 6 nitrogen and oxygen atoms in total. The second-order valence-electron chi connectivity index (χ2n) is 6.51. The molecule has 1 aliphatic heterocycles. The minimum absolute atomic E-state index is 0. The lowest BCUT2D eigenvalue weighted by Crippen LogP contribution is -2.53. The molecule has 0 aromatic heterocycles. The molecule has 1 aromatic carbocycles. The Kier molecular flexibility index (Phi) is 10.0. The van der Waals surface area contributed by atoms with E-state index in [1.54, 1.807) is 7.05 Å². The first-order chi connectivity index (χ1) is 12.8. The minimum atomic E-state index is -4.40. The molecule has 0 radical (unpaired) electrons. The fourth-order valence-corrected chi connectivity index (χ4v) is 2.94. The number of carbonyl (C=O) groups excluding carboxylic acids is 1. The summed E-state index contributed by atoms with van der Waals surface area (Å²) in [5.41, 5.74) is 1.26. The zero-order chi connectivity index (χ0) is 19.9. The van der Waals surface area contributed by atoms with E-state index >= 15 is 0 Å². The number of hydrogen-bond donors (Lipinski definition) is 1. The predicted molar refractivity (Wildman–Crippen MR) is 114 cm³/mol. The van der Waals surface area contributed by atoms with Crippen molar-refractivity contribution >= 4 is 35.8 Å². The first-order valence-corrected chi connectivity index (χ1v) is 8.81. The third kappa shape index (κ3) is 8.21. The van der Waals surface area contributed by atoms with Crippen LogP contribution in [-0.4, -0.2) is 86.1 Å². The molecular formula is C18H27F3IN5O. The second-order valence-corrected chi connectivity index (χ2v) is 6.51. The maximum absolute atomic E-state index is 12.4. The maximum atomic E-state index is 12.4. The molecule has 0 unspecified atom stereocenters. The van der Waals surface area contributed by atoms with Crippen LogP contribution >= 0.6 is 24.0 Å². The molecule has 0 atom stereocenters. The number of alkyl halides is 3. The largest absolute Gasteiger partial charge is 0.406 e. The summed E-state index contributed by atoms with van der Waals surface area (Å²) >= 11 is 0. The van der Waals surface area contributed by atoms with Gasteiger partial charge in [0.05, 0.1) is 6.54 Å². The standard InChI is InChI=1S/C18H26F3N5O.HI/c1-22-17(23-12-16(27)24(2)14-18(19,20)21)26-10-8-25(9-11-26)13-15-6-4-3-5-7-15;/h3-7H,8-14H2,1-2H3,(H,22,23);1H. The van der Waals surface area contributed by atoms with Crippen LogP contribution in [0.2, 0.25) is 0 Å². The summed E-state index contributed by atoms with van der Waals surface area (Å²) < 4.78 is 37.1. The summed E-state index contributed by atoms with van der Waals surface area (Å²) in [5.74, 6) is -0.0979. The van der Waals surface area contributed by atoms with E-state index in [0.717, 1.165) is 39.8 Å². The summed E-state index contributed by atoms with van der Waals surface area (Å²) in [6.07, 6.45) is -4.40. The van der Waals surface area contributed by atoms with Crippen LogP contribution in [0.25, 0.3) is 0 Å². The molecule has 158 valence electrons. The van der Waals surface area contributed by atoms with Crippen molar-refractivity contribution in [1.82, 2.24) is 20.0 Å². The zero-order valence-corrected chi connectivity index (χ0v) is 18.4. The quantitative estimate of drug-likeness (QED) is 0.372. The minimum Gasteiger partial charge on any atom is -0.347 e. The highest BCUT2D eigenvalue weighted by Gasteiger charge is 2.31. The van der Waals surface area contributed by atoms with Gasteiger partial charge in [-0.1, -0.05) is 30.3 Å². The Labute approximate surface area is 180 Å². The van der Waals surface area contributed by atoms with Gasteiger partial charge in [-0.05, 0) is 5.56 Å². The number of hydrogen-bond acceptors (Lipinski definition) is 3.